The summed E-state index contributed by atoms with van der Waals surface area (Å²) < 4.78 is 9.86. The zero-order valence-corrected chi connectivity index (χ0v) is 16.6. The number of methoxy groups -OCH3 is 1. The molecule has 0 unspecified atom stereocenters. The van der Waals surface area contributed by atoms with Crippen molar-refractivity contribution >= 4 is 34.9 Å². The molecule has 154 valence electrons. The van der Waals surface area contributed by atoms with Crippen molar-refractivity contribution in [2.24, 2.45) is 5.92 Å². The maximum atomic E-state index is 11.9. The molecule has 1 aliphatic heterocycles. The molecule has 1 saturated heterocycles. The maximum Gasteiger partial charge on any atom is 0.338 e. The lowest BCUT2D eigenvalue weighted by atomic mass is 9.97. The van der Waals surface area contributed by atoms with Gasteiger partial charge in [-0.3, -0.25) is 4.79 Å². The number of ether oxygens (including phenoxy) is 2. The van der Waals surface area contributed by atoms with E-state index in [1.807, 2.05) is 11.0 Å². The van der Waals surface area contributed by atoms with Crippen LogP contribution >= 0.6 is 0 Å². The van der Waals surface area contributed by atoms with Gasteiger partial charge in [-0.15, -0.1) is 0 Å². The van der Waals surface area contributed by atoms with E-state index in [1.54, 1.807) is 25.1 Å². The Bertz CT molecular complexity index is 881. The van der Waals surface area contributed by atoms with Gasteiger partial charge in [0.25, 0.3) is 0 Å². The van der Waals surface area contributed by atoms with Crippen LogP contribution in [0.4, 0.5) is 23.0 Å². The van der Waals surface area contributed by atoms with Crippen LogP contribution in [0.5, 0.6) is 0 Å². The predicted molar refractivity (Wildman–Crippen MR) is 109 cm³/mol. The smallest absolute Gasteiger partial charge is 0.338 e. The van der Waals surface area contributed by atoms with Crippen LogP contribution in [0.1, 0.15) is 30.1 Å². The van der Waals surface area contributed by atoms with Crippen molar-refractivity contribution in [1.82, 2.24) is 9.97 Å². The fourth-order valence-corrected chi connectivity index (χ4v) is 3.31. The Morgan fingerprint density at radius 3 is 2.72 bits per heavy atom. The quantitative estimate of drug-likeness (QED) is 0.705. The second kappa shape index (κ2) is 9.22. The summed E-state index contributed by atoms with van der Waals surface area (Å²) in [6.07, 6.45) is 2.80. The minimum atomic E-state index is -0.388. The molecule has 0 atom stereocenters. The summed E-state index contributed by atoms with van der Waals surface area (Å²) in [7, 11) is 1.41. The van der Waals surface area contributed by atoms with Gasteiger partial charge in [0.2, 0.25) is 0 Å². The highest BCUT2D eigenvalue weighted by Gasteiger charge is 2.27. The van der Waals surface area contributed by atoms with Gasteiger partial charge >= 0.3 is 11.9 Å². The number of aromatic nitrogens is 2. The van der Waals surface area contributed by atoms with Crippen molar-refractivity contribution < 1.29 is 19.1 Å². The van der Waals surface area contributed by atoms with Gasteiger partial charge in [-0.2, -0.15) is 0 Å². The first-order valence-corrected chi connectivity index (χ1v) is 9.51. The largest absolute Gasteiger partial charge is 0.469 e. The van der Waals surface area contributed by atoms with Crippen molar-refractivity contribution in [2.75, 3.05) is 42.8 Å². The molecule has 0 spiro atoms. The highest BCUT2D eigenvalue weighted by Crippen LogP contribution is 2.31. The van der Waals surface area contributed by atoms with Gasteiger partial charge in [0, 0.05) is 18.8 Å². The van der Waals surface area contributed by atoms with Crippen LogP contribution in [0, 0.1) is 5.92 Å². The molecule has 3 rings (SSSR count). The molecule has 1 aromatic heterocycles. The van der Waals surface area contributed by atoms with Crippen molar-refractivity contribution in [3.8, 4) is 0 Å². The number of nitrogen functional groups attached to an aromatic ring is 1. The summed E-state index contributed by atoms with van der Waals surface area (Å²) in [6, 6.07) is 6.93. The molecule has 29 heavy (non-hydrogen) atoms. The Labute approximate surface area is 169 Å². The summed E-state index contributed by atoms with van der Waals surface area (Å²) in [4.78, 5) is 34.2. The lowest BCUT2D eigenvalue weighted by molar-refractivity contribution is -0.146. The van der Waals surface area contributed by atoms with Gasteiger partial charge in [-0.25, -0.2) is 14.8 Å². The highest BCUT2D eigenvalue weighted by atomic mass is 16.5. The number of nitrogens with two attached hydrogens (primary N) is 1. The average Bonchev–Trinajstić information content (AvgIpc) is 2.75. The Hall–Kier alpha value is -3.36. The zero-order chi connectivity index (χ0) is 20.8. The normalized spacial score (nSPS) is 14.3. The number of anilines is 4. The number of benzene rings is 1. The molecule has 2 heterocycles. The summed E-state index contributed by atoms with van der Waals surface area (Å²) in [5, 5.41) is 3.14. The van der Waals surface area contributed by atoms with E-state index in [-0.39, 0.29) is 17.9 Å². The summed E-state index contributed by atoms with van der Waals surface area (Å²) in [5.41, 5.74) is 7.83. The van der Waals surface area contributed by atoms with Crippen molar-refractivity contribution in [1.29, 1.82) is 0 Å². The van der Waals surface area contributed by atoms with E-state index >= 15 is 0 Å². The van der Waals surface area contributed by atoms with Gasteiger partial charge in [0.1, 0.15) is 12.0 Å². The minimum Gasteiger partial charge on any atom is -0.469 e. The number of hydrogen-bond donors (Lipinski definition) is 2. The molecule has 1 fully saturated rings. The Morgan fingerprint density at radius 1 is 1.28 bits per heavy atom. The molecule has 2 aromatic rings. The summed E-state index contributed by atoms with van der Waals surface area (Å²) in [5.74, 6) is 0.408. The number of esters is 2. The molecule has 0 bridgehead atoms. The number of rotatable bonds is 6. The first-order valence-electron chi connectivity index (χ1n) is 9.51. The standard InChI is InChI=1S/C20H25N5O4/c1-3-29-20(27)14-5-4-6-15(11-14)24-17-16(21)18(23-12-22-17)25-9-7-13(8-10-25)19(26)28-2/h4-6,11-13H,3,7-10,21H2,1-2H3,(H,22,23,24). The monoisotopic (exact) mass is 399 g/mol. The number of nitrogens with one attached hydrogen (secondary N) is 1. The molecule has 0 amide bonds. The predicted octanol–water partition coefficient (Wildman–Crippen LogP) is 2.37. The highest BCUT2D eigenvalue weighted by molar-refractivity contribution is 5.91. The number of nitrogens with zero attached hydrogens (tertiary/aromatic N) is 3. The third-order valence-electron chi connectivity index (χ3n) is 4.83. The van der Waals surface area contributed by atoms with Crippen LogP contribution < -0.4 is 16.0 Å². The van der Waals surface area contributed by atoms with Crippen molar-refractivity contribution in [3.05, 3.63) is 36.2 Å². The van der Waals surface area contributed by atoms with Gasteiger partial charge < -0.3 is 25.4 Å². The fourth-order valence-electron chi connectivity index (χ4n) is 3.31. The summed E-state index contributed by atoms with van der Waals surface area (Å²) >= 11 is 0. The Kier molecular flexibility index (Phi) is 6.48. The second-order valence-corrected chi connectivity index (χ2v) is 6.67. The number of carbonyl (C=O) groups excluding carboxylic acids is 2. The van der Waals surface area contributed by atoms with Crippen LogP contribution in [0.2, 0.25) is 0 Å². The van der Waals surface area contributed by atoms with Gasteiger partial charge in [0.05, 0.1) is 25.2 Å². The van der Waals surface area contributed by atoms with Crippen molar-refractivity contribution in [3.63, 3.8) is 0 Å². The maximum absolute atomic E-state index is 11.9. The van der Waals surface area contributed by atoms with E-state index in [2.05, 4.69) is 15.3 Å². The van der Waals surface area contributed by atoms with E-state index in [4.69, 9.17) is 15.2 Å². The molecule has 0 aliphatic carbocycles. The van der Waals surface area contributed by atoms with E-state index in [0.717, 1.165) is 0 Å². The van der Waals surface area contributed by atoms with Gasteiger partial charge in [-0.1, -0.05) is 6.07 Å². The molecule has 1 aliphatic rings. The fraction of sp³-hybridized carbons (Fsp3) is 0.400. The molecule has 9 heteroatoms. The second-order valence-electron chi connectivity index (χ2n) is 6.67. The van der Waals surface area contributed by atoms with Crippen LogP contribution in [0.15, 0.2) is 30.6 Å². The third-order valence-corrected chi connectivity index (χ3v) is 4.83. The third kappa shape index (κ3) is 4.74. The lowest BCUT2D eigenvalue weighted by Crippen LogP contribution is -2.37. The minimum absolute atomic E-state index is 0.0949. The average molecular weight is 399 g/mol. The molecule has 1 aromatic carbocycles. The van der Waals surface area contributed by atoms with E-state index in [9.17, 15) is 9.59 Å². The SMILES string of the molecule is CCOC(=O)c1cccc(Nc2ncnc(N3CCC(C(=O)OC)CC3)c2N)c1. The molecule has 0 saturated carbocycles. The molecular formula is C20H25N5O4. The van der Waals surface area contributed by atoms with Crippen LogP contribution in [-0.2, 0) is 14.3 Å². The lowest BCUT2D eigenvalue weighted by Gasteiger charge is -2.32. The first-order chi connectivity index (χ1) is 14.0. The molecule has 3 N–H and O–H groups in total. The van der Waals surface area contributed by atoms with Crippen LogP contribution in [0.3, 0.4) is 0 Å². The van der Waals surface area contributed by atoms with Crippen LogP contribution in [-0.4, -0.2) is 48.7 Å². The first kappa shape index (κ1) is 20.4. The molecular weight excluding hydrogens is 374 g/mol. The number of piperidine rings is 1. The van der Waals surface area contributed by atoms with Crippen molar-refractivity contribution in [2.45, 2.75) is 19.8 Å². The van der Waals surface area contributed by atoms with E-state index in [0.29, 0.717) is 61.1 Å². The van der Waals surface area contributed by atoms with Crippen LogP contribution in [0.25, 0.3) is 0 Å². The van der Waals surface area contributed by atoms with E-state index < -0.39 is 0 Å². The summed E-state index contributed by atoms with van der Waals surface area (Å²) in [6.45, 7) is 3.38. The Balaban J connectivity index is 1.74. The topological polar surface area (TPSA) is 120 Å². The Morgan fingerprint density at radius 2 is 2.03 bits per heavy atom. The number of carbonyl (C=O) groups is 2. The molecule has 0 radical (unpaired) electrons. The van der Waals surface area contributed by atoms with E-state index in [1.165, 1.54) is 13.4 Å². The zero-order valence-electron chi connectivity index (χ0n) is 16.6. The van der Waals surface area contributed by atoms with Gasteiger partial charge in [-0.05, 0) is 38.0 Å². The number of hydrogen-bond acceptors (Lipinski definition) is 9. The van der Waals surface area contributed by atoms with Gasteiger partial charge in [0.15, 0.2) is 11.6 Å². The molecule has 9 nitrogen and oxygen atoms in total.